The molecule has 2 fully saturated rings. The van der Waals surface area contributed by atoms with Gasteiger partial charge in [-0.15, -0.1) is 0 Å². The predicted molar refractivity (Wildman–Crippen MR) is 92.6 cm³/mol. The van der Waals surface area contributed by atoms with Gasteiger partial charge in [0.1, 0.15) is 12.4 Å². The summed E-state index contributed by atoms with van der Waals surface area (Å²) in [6.45, 7) is 6.61. The van der Waals surface area contributed by atoms with Gasteiger partial charge in [-0.1, -0.05) is 0 Å². The predicted octanol–water partition coefficient (Wildman–Crippen LogP) is 1.89. The largest absolute Gasteiger partial charge is 0.448 e. The third kappa shape index (κ3) is 3.03. The highest BCUT2D eigenvalue weighted by Gasteiger charge is 2.36. The molecule has 0 radical (unpaired) electrons. The molecule has 134 valence electrons. The Morgan fingerprint density at radius 2 is 2.24 bits per heavy atom. The van der Waals surface area contributed by atoms with Crippen LogP contribution in [0, 0.1) is 0 Å². The summed E-state index contributed by atoms with van der Waals surface area (Å²) >= 11 is 0. The Morgan fingerprint density at radius 3 is 3.00 bits per heavy atom. The van der Waals surface area contributed by atoms with Crippen LogP contribution >= 0.6 is 0 Å². The minimum Gasteiger partial charge on any atom is -0.448 e. The van der Waals surface area contributed by atoms with E-state index in [9.17, 15) is 9.59 Å². The van der Waals surface area contributed by atoms with Crippen LogP contribution in [0.15, 0.2) is 12.3 Å². The van der Waals surface area contributed by atoms with Crippen molar-refractivity contribution in [1.82, 2.24) is 14.8 Å². The Labute approximate surface area is 147 Å². The molecule has 1 aromatic rings. The van der Waals surface area contributed by atoms with E-state index < -0.39 is 0 Å². The zero-order valence-corrected chi connectivity index (χ0v) is 14.7. The van der Waals surface area contributed by atoms with Crippen molar-refractivity contribution < 1.29 is 14.3 Å². The van der Waals surface area contributed by atoms with Crippen LogP contribution in [0.25, 0.3) is 0 Å². The van der Waals surface area contributed by atoms with Crippen molar-refractivity contribution in [2.24, 2.45) is 0 Å². The van der Waals surface area contributed by atoms with E-state index in [1.54, 1.807) is 11.1 Å². The zero-order valence-electron chi connectivity index (χ0n) is 14.7. The molecular weight excluding hydrogens is 320 g/mol. The van der Waals surface area contributed by atoms with Gasteiger partial charge in [-0.05, 0) is 44.7 Å². The zero-order chi connectivity index (χ0) is 17.6. The molecule has 4 heterocycles. The third-order valence-electron chi connectivity index (χ3n) is 5.37. The molecule has 0 saturated carbocycles. The van der Waals surface area contributed by atoms with E-state index in [0.717, 1.165) is 30.6 Å². The van der Waals surface area contributed by atoms with E-state index in [2.05, 4.69) is 24.1 Å². The minimum absolute atomic E-state index is 0.00445. The van der Waals surface area contributed by atoms with E-state index >= 15 is 0 Å². The van der Waals surface area contributed by atoms with Crippen LogP contribution in [0.3, 0.4) is 0 Å². The maximum absolute atomic E-state index is 12.8. The van der Waals surface area contributed by atoms with Crippen LogP contribution in [0.5, 0.6) is 0 Å². The first-order valence-electron chi connectivity index (χ1n) is 8.93. The van der Waals surface area contributed by atoms with Gasteiger partial charge in [0.15, 0.2) is 0 Å². The number of rotatable bonds is 2. The first kappa shape index (κ1) is 16.2. The number of fused-ring (bicyclic) bond motifs is 1. The normalized spacial score (nSPS) is 24.7. The summed E-state index contributed by atoms with van der Waals surface area (Å²) in [5.41, 5.74) is 1.77. The number of pyridine rings is 1. The molecule has 0 unspecified atom stereocenters. The highest BCUT2D eigenvalue weighted by Crippen LogP contribution is 2.30. The van der Waals surface area contributed by atoms with Gasteiger partial charge in [0.05, 0.1) is 18.2 Å². The number of cyclic esters (lactones) is 1. The number of carbonyl (C=O) groups excluding carboxylic acids is 2. The van der Waals surface area contributed by atoms with Crippen LogP contribution in [0.1, 0.15) is 42.6 Å². The average Bonchev–Trinajstić information content (AvgIpc) is 3.21. The number of carbonyl (C=O) groups is 2. The second-order valence-electron chi connectivity index (χ2n) is 7.74. The lowest BCUT2D eigenvalue weighted by molar-refractivity contribution is 0.0779. The Bertz CT molecular complexity index is 718. The van der Waals surface area contributed by atoms with E-state index in [4.69, 9.17) is 4.74 Å². The smallest absolute Gasteiger partial charge is 0.410 e. The molecule has 2 amide bonds. The van der Waals surface area contributed by atoms with Crippen LogP contribution in [0.2, 0.25) is 0 Å². The molecule has 4 rings (SSSR count). The number of hydrogen-bond acceptors (Lipinski definition) is 5. The standard InChI is InChI=1S/C18H24N4O3/c1-18(2)5-3-12-9-13(10-19-15(12)20-18)16(23)21-6-4-14(11-21)22-7-8-25-17(22)24/h9-10,14H,3-8,11H2,1-2H3,(H,19,20)/t14-/m0/s1. The number of hydrogen-bond donors (Lipinski definition) is 1. The maximum atomic E-state index is 12.8. The highest BCUT2D eigenvalue weighted by atomic mass is 16.6. The summed E-state index contributed by atoms with van der Waals surface area (Å²) in [5, 5.41) is 3.43. The Hall–Kier alpha value is -2.31. The van der Waals surface area contributed by atoms with Gasteiger partial charge in [-0.25, -0.2) is 9.78 Å². The molecule has 2 saturated heterocycles. The van der Waals surface area contributed by atoms with Gasteiger partial charge in [0.25, 0.3) is 5.91 Å². The molecule has 25 heavy (non-hydrogen) atoms. The van der Waals surface area contributed by atoms with Gasteiger partial charge < -0.3 is 15.0 Å². The lowest BCUT2D eigenvalue weighted by Crippen LogP contribution is -2.39. The number of amides is 2. The van der Waals surface area contributed by atoms with Crippen molar-refractivity contribution >= 4 is 17.8 Å². The molecular formula is C18H24N4O3. The van der Waals surface area contributed by atoms with Crippen LogP contribution < -0.4 is 5.32 Å². The van der Waals surface area contributed by atoms with E-state index in [1.807, 2.05) is 11.0 Å². The molecule has 0 aliphatic carbocycles. The van der Waals surface area contributed by atoms with Crippen LogP contribution in [-0.4, -0.2) is 64.6 Å². The van der Waals surface area contributed by atoms with Gasteiger partial charge in [-0.2, -0.15) is 0 Å². The second-order valence-corrected chi connectivity index (χ2v) is 7.74. The molecule has 7 heteroatoms. The summed E-state index contributed by atoms with van der Waals surface area (Å²) in [4.78, 5) is 32.6. The topological polar surface area (TPSA) is 74.8 Å². The number of anilines is 1. The quantitative estimate of drug-likeness (QED) is 0.887. The number of nitrogens with one attached hydrogen (secondary N) is 1. The first-order valence-corrected chi connectivity index (χ1v) is 8.93. The number of aromatic nitrogens is 1. The molecule has 0 bridgehead atoms. The number of aryl methyl sites for hydroxylation is 1. The third-order valence-corrected chi connectivity index (χ3v) is 5.37. The Morgan fingerprint density at radius 1 is 1.40 bits per heavy atom. The van der Waals surface area contributed by atoms with Crippen molar-refractivity contribution in [2.75, 3.05) is 31.6 Å². The number of nitrogens with zero attached hydrogens (tertiary/aromatic N) is 3. The van der Waals surface area contributed by atoms with Gasteiger partial charge in [-0.3, -0.25) is 9.69 Å². The van der Waals surface area contributed by atoms with E-state index in [1.165, 1.54) is 0 Å². The fourth-order valence-electron chi connectivity index (χ4n) is 3.86. The summed E-state index contributed by atoms with van der Waals surface area (Å²) in [6.07, 6.45) is 4.14. The molecule has 1 aromatic heterocycles. The monoisotopic (exact) mass is 344 g/mol. The summed E-state index contributed by atoms with van der Waals surface area (Å²) in [6, 6.07) is 2.02. The maximum Gasteiger partial charge on any atom is 0.410 e. The number of ether oxygens (including phenoxy) is 1. The van der Waals surface area contributed by atoms with Crippen LogP contribution in [-0.2, 0) is 11.2 Å². The van der Waals surface area contributed by atoms with Gasteiger partial charge in [0.2, 0.25) is 0 Å². The lowest BCUT2D eigenvalue weighted by atomic mass is 9.91. The van der Waals surface area contributed by atoms with Crippen molar-refractivity contribution in [3.63, 3.8) is 0 Å². The molecule has 3 aliphatic rings. The summed E-state index contributed by atoms with van der Waals surface area (Å²) in [7, 11) is 0. The minimum atomic E-state index is -0.261. The van der Waals surface area contributed by atoms with Crippen molar-refractivity contribution in [3.05, 3.63) is 23.4 Å². The summed E-state index contributed by atoms with van der Waals surface area (Å²) in [5.74, 6) is 0.877. The Balaban J connectivity index is 1.46. The van der Waals surface area contributed by atoms with E-state index in [-0.39, 0.29) is 23.6 Å². The Kier molecular flexibility index (Phi) is 3.81. The fourth-order valence-corrected chi connectivity index (χ4v) is 3.86. The molecule has 0 aromatic carbocycles. The van der Waals surface area contributed by atoms with Crippen LogP contribution in [0.4, 0.5) is 10.6 Å². The average molecular weight is 344 g/mol. The van der Waals surface area contributed by atoms with Gasteiger partial charge in [0, 0.05) is 24.8 Å². The van der Waals surface area contributed by atoms with Gasteiger partial charge >= 0.3 is 6.09 Å². The van der Waals surface area contributed by atoms with Crippen molar-refractivity contribution in [1.29, 1.82) is 0 Å². The lowest BCUT2D eigenvalue weighted by Gasteiger charge is -2.33. The number of likely N-dealkylation sites (tertiary alicyclic amines) is 1. The first-order chi connectivity index (χ1) is 11.9. The van der Waals surface area contributed by atoms with E-state index in [0.29, 0.717) is 31.8 Å². The molecule has 3 aliphatic heterocycles. The SMILES string of the molecule is CC1(C)CCc2cc(C(=O)N3CC[C@H](N4CCOC4=O)C3)cnc2N1. The highest BCUT2D eigenvalue weighted by molar-refractivity contribution is 5.94. The second kappa shape index (κ2) is 5.89. The van der Waals surface area contributed by atoms with Crippen molar-refractivity contribution in [3.8, 4) is 0 Å². The molecule has 0 spiro atoms. The summed E-state index contributed by atoms with van der Waals surface area (Å²) < 4.78 is 5.00. The molecule has 7 nitrogen and oxygen atoms in total. The molecule has 1 atom stereocenters. The fraction of sp³-hybridized carbons (Fsp3) is 0.611. The molecule has 1 N–H and O–H groups in total. The van der Waals surface area contributed by atoms with Crippen molar-refractivity contribution in [2.45, 2.75) is 44.7 Å².